The first-order valence-corrected chi connectivity index (χ1v) is 9.94. The summed E-state index contributed by atoms with van der Waals surface area (Å²) < 4.78 is 5.07. The average molecular weight is 368 g/mol. The monoisotopic (exact) mass is 367 g/mol. The van der Waals surface area contributed by atoms with Gasteiger partial charge in [0.05, 0.1) is 17.3 Å². The first kappa shape index (κ1) is 19.5. The molecule has 0 aromatic carbocycles. The number of carbonyl (C=O) groups is 1. The van der Waals surface area contributed by atoms with Gasteiger partial charge in [0.1, 0.15) is 0 Å². The Morgan fingerprint density at radius 1 is 1.28 bits per heavy atom. The molecule has 0 radical (unpaired) electrons. The highest BCUT2D eigenvalue weighted by molar-refractivity contribution is 7.09. The zero-order valence-corrected chi connectivity index (χ0v) is 16.3. The summed E-state index contributed by atoms with van der Waals surface area (Å²) in [5.74, 6) is 0.914. The number of thiazole rings is 1. The molecule has 1 aliphatic rings. The Kier molecular flexibility index (Phi) is 7.97. The van der Waals surface area contributed by atoms with Crippen LogP contribution in [-0.4, -0.2) is 72.7 Å². The largest absolute Gasteiger partial charge is 0.450 e. The lowest BCUT2D eigenvalue weighted by Crippen LogP contribution is -2.54. The van der Waals surface area contributed by atoms with E-state index in [1.54, 1.807) is 16.2 Å². The zero-order valence-electron chi connectivity index (χ0n) is 15.5. The molecule has 25 heavy (non-hydrogen) atoms. The van der Waals surface area contributed by atoms with E-state index in [0.29, 0.717) is 26.2 Å². The van der Waals surface area contributed by atoms with Crippen molar-refractivity contribution in [3.05, 3.63) is 16.1 Å². The predicted molar refractivity (Wildman–Crippen MR) is 101 cm³/mol. The number of nitrogens with zero attached hydrogens (tertiary/aromatic N) is 4. The highest BCUT2D eigenvalue weighted by Gasteiger charge is 2.23. The summed E-state index contributed by atoms with van der Waals surface area (Å²) in [6.07, 6.45) is 1.62. The molecule has 1 aromatic heterocycles. The van der Waals surface area contributed by atoms with Gasteiger partial charge in [-0.05, 0) is 20.3 Å². The van der Waals surface area contributed by atoms with Gasteiger partial charge in [-0.3, -0.25) is 4.99 Å². The molecule has 2 heterocycles. The Hall–Kier alpha value is -1.83. The van der Waals surface area contributed by atoms with E-state index in [2.05, 4.69) is 34.4 Å². The van der Waals surface area contributed by atoms with Crippen LogP contribution in [0.1, 0.15) is 31.5 Å². The van der Waals surface area contributed by atoms with Gasteiger partial charge in [-0.2, -0.15) is 0 Å². The molecule has 1 aliphatic heterocycles. The van der Waals surface area contributed by atoms with E-state index in [-0.39, 0.29) is 6.09 Å². The molecule has 1 amide bonds. The van der Waals surface area contributed by atoms with Crippen molar-refractivity contribution >= 4 is 23.4 Å². The Balaban J connectivity index is 1.86. The summed E-state index contributed by atoms with van der Waals surface area (Å²) in [7, 11) is 0. The Bertz CT molecular complexity index is 567. The lowest BCUT2D eigenvalue weighted by atomic mass is 10.3. The maximum absolute atomic E-state index is 11.8. The minimum Gasteiger partial charge on any atom is -0.450 e. The number of aromatic nitrogens is 1. The zero-order chi connectivity index (χ0) is 18.1. The van der Waals surface area contributed by atoms with Gasteiger partial charge in [0, 0.05) is 51.1 Å². The van der Waals surface area contributed by atoms with Crippen LogP contribution in [0, 0.1) is 0 Å². The van der Waals surface area contributed by atoms with Crippen LogP contribution in [0.4, 0.5) is 4.79 Å². The average Bonchev–Trinajstić information content (AvgIpc) is 3.09. The molecule has 8 heteroatoms. The lowest BCUT2D eigenvalue weighted by molar-refractivity contribution is 0.0914. The van der Waals surface area contributed by atoms with Gasteiger partial charge >= 0.3 is 6.09 Å². The van der Waals surface area contributed by atoms with Gasteiger partial charge in [0.25, 0.3) is 0 Å². The number of carbonyl (C=O) groups excluding carboxylic acids is 1. The SMILES string of the molecule is CCNC(=NCCc1csc(CC)n1)N1CCN(C(=O)OCC)CC1. The number of aryl methyl sites for hydroxylation is 1. The molecule has 0 bridgehead atoms. The second-order valence-electron chi connectivity index (χ2n) is 5.74. The smallest absolute Gasteiger partial charge is 0.409 e. The van der Waals surface area contributed by atoms with Crippen LogP contribution in [-0.2, 0) is 17.6 Å². The summed E-state index contributed by atoms with van der Waals surface area (Å²) in [6, 6.07) is 0. The molecule has 1 N–H and O–H groups in total. The number of hydrogen-bond acceptors (Lipinski definition) is 5. The molecule has 0 unspecified atom stereocenters. The van der Waals surface area contributed by atoms with Crippen molar-refractivity contribution in [1.29, 1.82) is 0 Å². The van der Waals surface area contributed by atoms with Gasteiger partial charge in [-0.15, -0.1) is 11.3 Å². The minimum absolute atomic E-state index is 0.223. The van der Waals surface area contributed by atoms with Crippen LogP contribution in [0.5, 0.6) is 0 Å². The summed E-state index contributed by atoms with van der Waals surface area (Å²) >= 11 is 1.72. The number of hydrogen-bond donors (Lipinski definition) is 1. The van der Waals surface area contributed by atoms with Crippen molar-refractivity contribution in [3.63, 3.8) is 0 Å². The molecule has 0 saturated carbocycles. The maximum Gasteiger partial charge on any atom is 0.409 e. The normalized spacial score (nSPS) is 15.4. The molecule has 1 fully saturated rings. The number of amides is 1. The van der Waals surface area contributed by atoms with Crippen LogP contribution in [0.2, 0.25) is 0 Å². The fraction of sp³-hybridized carbons (Fsp3) is 0.706. The van der Waals surface area contributed by atoms with Gasteiger partial charge in [0.15, 0.2) is 5.96 Å². The number of aliphatic imine (C=N–C) groups is 1. The van der Waals surface area contributed by atoms with Crippen molar-refractivity contribution in [1.82, 2.24) is 20.1 Å². The molecule has 0 atom stereocenters. The molecule has 7 nitrogen and oxygen atoms in total. The van der Waals surface area contributed by atoms with Gasteiger partial charge < -0.3 is 19.9 Å². The highest BCUT2D eigenvalue weighted by atomic mass is 32.1. The van der Waals surface area contributed by atoms with E-state index in [4.69, 9.17) is 9.73 Å². The van der Waals surface area contributed by atoms with Gasteiger partial charge in [0.2, 0.25) is 0 Å². The molecule has 0 spiro atoms. The van der Waals surface area contributed by atoms with E-state index in [1.165, 1.54) is 5.01 Å². The van der Waals surface area contributed by atoms with E-state index in [1.807, 2.05) is 6.92 Å². The van der Waals surface area contributed by atoms with Crippen LogP contribution in [0.3, 0.4) is 0 Å². The second-order valence-corrected chi connectivity index (χ2v) is 6.69. The Labute approximate surface area is 154 Å². The molecular weight excluding hydrogens is 338 g/mol. The Morgan fingerprint density at radius 3 is 2.60 bits per heavy atom. The van der Waals surface area contributed by atoms with Crippen LogP contribution in [0.15, 0.2) is 10.4 Å². The standard InChI is InChI=1S/C17H29N5O2S/c1-4-15-20-14(13-25-15)7-8-19-16(18-5-2)21-9-11-22(12-10-21)17(23)24-6-3/h13H,4-12H2,1-3H3,(H,18,19). The predicted octanol–water partition coefficient (Wildman–Crippen LogP) is 1.99. The number of ether oxygens (including phenoxy) is 1. The van der Waals surface area contributed by atoms with Gasteiger partial charge in [-0.1, -0.05) is 6.92 Å². The third-order valence-corrected chi connectivity index (χ3v) is 5.01. The second kappa shape index (κ2) is 10.2. The molecule has 140 valence electrons. The quantitative estimate of drug-likeness (QED) is 0.615. The van der Waals surface area contributed by atoms with Crippen molar-refractivity contribution in [2.45, 2.75) is 33.6 Å². The molecule has 1 aromatic rings. The summed E-state index contributed by atoms with van der Waals surface area (Å²) in [5, 5.41) is 6.65. The topological polar surface area (TPSA) is 70.1 Å². The van der Waals surface area contributed by atoms with E-state index in [0.717, 1.165) is 44.1 Å². The van der Waals surface area contributed by atoms with Gasteiger partial charge in [-0.25, -0.2) is 9.78 Å². The van der Waals surface area contributed by atoms with Crippen molar-refractivity contribution in [3.8, 4) is 0 Å². The molecule has 2 rings (SSSR count). The van der Waals surface area contributed by atoms with E-state index in [9.17, 15) is 4.79 Å². The highest BCUT2D eigenvalue weighted by Crippen LogP contribution is 2.11. The van der Waals surface area contributed by atoms with Crippen LogP contribution >= 0.6 is 11.3 Å². The van der Waals surface area contributed by atoms with E-state index >= 15 is 0 Å². The number of piperazine rings is 1. The van der Waals surface area contributed by atoms with Crippen molar-refractivity contribution < 1.29 is 9.53 Å². The van der Waals surface area contributed by atoms with Crippen molar-refractivity contribution in [2.24, 2.45) is 4.99 Å². The first-order valence-electron chi connectivity index (χ1n) is 9.06. The number of guanidine groups is 1. The summed E-state index contributed by atoms with van der Waals surface area (Å²) in [5.41, 5.74) is 1.12. The molecule has 0 aliphatic carbocycles. The third kappa shape index (κ3) is 5.88. The van der Waals surface area contributed by atoms with Crippen molar-refractivity contribution in [2.75, 3.05) is 45.9 Å². The Morgan fingerprint density at radius 2 is 2.00 bits per heavy atom. The maximum atomic E-state index is 11.8. The fourth-order valence-corrected chi connectivity index (χ4v) is 3.42. The fourth-order valence-electron chi connectivity index (χ4n) is 2.64. The third-order valence-electron chi connectivity index (χ3n) is 3.97. The molecular formula is C17H29N5O2S. The van der Waals surface area contributed by atoms with E-state index < -0.39 is 0 Å². The minimum atomic E-state index is -0.223. The summed E-state index contributed by atoms with van der Waals surface area (Å²) in [4.78, 5) is 25.1. The number of nitrogens with one attached hydrogen (secondary N) is 1. The number of rotatable bonds is 6. The lowest BCUT2D eigenvalue weighted by Gasteiger charge is -2.35. The van der Waals surface area contributed by atoms with Crippen LogP contribution in [0.25, 0.3) is 0 Å². The first-order chi connectivity index (χ1) is 12.2. The summed E-state index contributed by atoms with van der Waals surface area (Å²) in [6.45, 7) is 10.8. The molecule has 1 saturated heterocycles. The van der Waals surface area contributed by atoms with Crippen LogP contribution < -0.4 is 5.32 Å².